The number of hydrogen-bond acceptors (Lipinski definition) is 5. The van der Waals surface area contributed by atoms with Crippen LogP contribution < -0.4 is 10.2 Å². The highest BCUT2D eigenvalue weighted by Crippen LogP contribution is 2.19. The Hall–Kier alpha value is -1.10. The third-order valence-corrected chi connectivity index (χ3v) is 3.43. The van der Waals surface area contributed by atoms with Crippen molar-refractivity contribution in [3.63, 3.8) is 0 Å². The molecule has 94 valence electrons. The fraction of sp³-hybridized carbons (Fsp3) is 0.833. The molecule has 0 spiro atoms. The summed E-state index contributed by atoms with van der Waals surface area (Å²) in [6.07, 6.45) is 7.29. The van der Waals surface area contributed by atoms with E-state index < -0.39 is 0 Å². The molecule has 1 saturated heterocycles. The van der Waals surface area contributed by atoms with E-state index in [1.54, 1.807) is 0 Å². The van der Waals surface area contributed by atoms with E-state index in [0.717, 1.165) is 38.0 Å². The van der Waals surface area contributed by atoms with Crippen LogP contribution in [-0.4, -0.2) is 35.9 Å². The van der Waals surface area contributed by atoms with Crippen molar-refractivity contribution < 1.29 is 4.42 Å². The number of rotatable bonds is 5. The largest absolute Gasteiger partial charge is 0.408 e. The maximum absolute atomic E-state index is 5.69. The average Bonchev–Trinajstić information content (AvgIpc) is 3.07. The molecular formula is C12H20N4O. The molecule has 1 saturated carbocycles. The van der Waals surface area contributed by atoms with Crippen molar-refractivity contribution in [3.05, 3.63) is 5.89 Å². The Morgan fingerprint density at radius 1 is 1.18 bits per heavy atom. The standard InChI is InChI=1S/C12H20N4O/c1-2-8-16(9-3-1)12-15-14-11(17-12)6-7-13-10-4-5-10/h10,13H,1-9H2. The molecule has 2 heterocycles. The van der Waals surface area contributed by atoms with Crippen molar-refractivity contribution in [2.75, 3.05) is 24.5 Å². The molecule has 2 fully saturated rings. The Morgan fingerprint density at radius 2 is 2.00 bits per heavy atom. The van der Waals surface area contributed by atoms with Crippen LogP contribution in [-0.2, 0) is 6.42 Å². The Kier molecular flexibility index (Phi) is 3.27. The quantitative estimate of drug-likeness (QED) is 0.836. The molecule has 0 atom stereocenters. The van der Waals surface area contributed by atoms with Gasteiger partial charge in [0, 0.05) is 32.1 Å². The first-order valence-electron chi connectivity index (χ1n) is 6.72. The summed E-state index contributed by atoms with van der Waals surface area (Å²) in [5.41, 5.74) is 0. The van der Waals surface area contributed by atoms with Crippen LogP contribution in [0, 0.1) is 0 Å². The number of nitrogens with one attached hydrogen (secondary N) is 1. The zero-order valence-corrected chi connectivity index (χ0v) is 10.2. The van der Waals surface area contributed by atoms with Gasteiger partial charge in [0.15, 0.2) is 0 Å². The fourth-order valence-corrected chi connectivity index (χ4v) is 2.23. The number of aromatic nitrogens is 2. The zero-order valence-electron chi connectivity index (χ0n) is 10.2. The van der Waals surface area contributed by atoms with E-state index in [9.17, 15) is 0 Å². The first-order chi connectivity index (χ1) is 8.42. The van der Waals surface area contributed by atoms with E-state index in [2.05, 4.69) is 20.4 Å². The van der Waals surface area contributed by atoms with E-state index in [-0.39, 0.29) is 0 Å². The number of nitrogens with zero attached hydrogens (tertiary/aromatic N) is 3. The fourth-order valence-electron chi connectivity index (χ4n) is 2.23. The number of anilines is 1. The molecule has 5 heteroatoms. The van der Waals surface area contributed by atoms with Gasteiger partial charge in [-0.25, -0.2) is 0 Å². The zero-order chi connectivity index (χ0) is 11.5. The average molecular weight is 236 g/mol. The molecule has 2 aliphatic rings. The van der Waals surface area contributed by atoms with Crippen LogP contribution in [0.15, 0.2) is 4.42 Å². The monoisotopic (exact) mass is 236 g/mol. The highest BCUT2D eigenvalue weighted by atomic mass is 16.4. The van der Waals surface area contributed by atoms with Crippen LogP contribution in [0.25, 0.3) is 0 Å². The van der Waals surface area contributed by atoms with Crippen molar-refractivity contribution in [2.24, 2.45) is 0 Å². The van der Waals surface area contributed by atoms with Gasteiger partial charge >= 0.3 is 6.01 Å². The lowest BCUT2D eigenvalue weighted by Gasteiger charge is -2.24. The number of hydrogen-bond donors (Lipinski definition) is 1. The third kappa shape index (κ3) is 2.97. The Balaban J connectivity index is 1.49. The van der Waals surface area contributed by atoms with Gasteiger partial charge < -0.3 is 14.6 Å². The van der Waals surface area contributed by atoms with Gasteiger partial charge in [0.1, 0.15) is 0 Å². The van der Waals surface area contributed by atoms with E-state index in [0.29, 0.717) is 6.01 Å². The second kappa shape index (κ2) is 5.04. The molecule has 0 bridgehead atoms. The van der Waals surface area contributed by atoms with Crippen molar-refractivity contribution in [2.45, 2.75) is 44.6 Å². The van der Waals surface area contributed by atoms with Crippen molar-refractivity contribution in [1.29, 1.82) is 0 Å². The maximum atomic E-state index is 5.69. The van der Waals surface area contributed by atoms with Crippen LogP contribution in [0.1, 0.15) is 38.0 Å². The van der Waals surface area contributed by atoms with Gasteiger partial charge in [-0.1, -0.05) is 5.10 Å². The first-order valence-corrected chi connectivity index (χ1v) is 6.72. The topological polar surface area (TPSA) is 54.2 Å². The maximum Gasteiger partial charge on any atom is 0.318 e. The second-order valence-electron chi connectivity index (χ2n) is 5.00. The summed E-state index contributed by atoms with van der Waals surface area (Å²) in [5.74, 6) is 0.763. The minimum atomic E-state index is 0.714. The summed E-state index contributed by atoms with van der Waals surface area (Å²) in [7, 11) is 0. The highest BCUT2D eigenvalue weighted by molar-refractivity contribution is 5.24. The molecule has 1 N–H and O–H groups in total. The molecule has 0 amide bonds. The first kappa shape index (κ1) is 11.0. The minimum Gasteiger partial charge on any atom is -0.408 e. The molecule has 1 aromatic heterocycles. The van der Waals surface area contributed by atoms with Gasteiger partial charge in [-0.2, -0.15) is 0 Å². The van der Waals surface area contributed by atoms with E-state index in [1.165, 1.54) is 32.1 Å². The van der Waals surface area contributed by atoms with Crippen LogP contribution in [0.2, 0.25) is 0 Å². The van der Waals surface area contributed by atoms with Gasteiger partial charge in [-0.3, -0.25) is 0 Å². The Morgan fingerprint density at radius 3 is 2.76 bits per heavy atom. The number of piperidine rings is 1. The van der Waals surface area contributed by atoms with E-state index in [1.807, 2.05) is 0 Å². The van der Waals surface area contributed by atoms with Gasteiger partial charge in [-0.05, 0) is 32.1 Å². The smallest absolute Gasteiger partial charge is 0.318 e. The molecule has 1 aromatic rings. The van der Waals surface area contributed by atoms with E-state index in [4.69, 9.17) is 4.42 Å². The predicted molar refractivity (Wildman–Crippen MR) is 65.1 cm³/mol. The summed E-state index contributed by atoms with van der Waals surface area (Å²) >= 11 is 0. The van der Waals surface area contributed by atoms with Gasteiger partial charge in [0.05, 0.1) is 0 Å². The predicted octanol–water partition coefficient (Wildman–Crippen LogP) is 1.35. The summed E-state index contributed by atoms with van der Waals surface area (Å²) in [4.78, 5) is 2.20. The van der Waals surface area contributed by atoms with Crippen molar-refractivity contribution in [1.82, 2.24) is 15.5 Å². The summed E-state index contributed by atoms with van der Waals surface area (Å²) < 4.78 is 5.69. The molecule has 0 aromatic carbocycles. The molecule has 1 aliphatic heterocycles. The lowest BCUT2D eigenvalue weighted by Crippen LogP contribution is -2.29. The lowest BCUT2D eigenvalue weighted by molar-refractivity contribution is 0.455. The molecule has 0 radical (unpaired) electrons. The summed E-state index contributed by atoms with van der Waals surface area (Å²) in [5, 5.41) is 11.7. The van der Waals surface area contributed by atoms with Crippen LogP contribution >= 0.6 is 0 Å². The normalized spacial score (nSPS) is 20.8. The Bertz CT molecular complexity index is 355. The molecule has 17 heavy (non-hydrogen) atoms. The third-order valence-electron chi connectivity index (χ3n) is 3.43. The Labute approximate surface area is 102 Å². The minimum absolute atomic E-state index is 0.714. The molecule has 0 unspecified atom stereocenters. The van der Waals surface area contributed by atoms with Crippen molar-refractivity contribution >= 4 is 6.01 Å². The molecule has 1 aliphatic carbocycles. The SMILES string of the molecule is C1CCN(c2nnc(CCNC3CC3)o2)CC1. The van der Waals surface area contributed by atoms with Gasteiger partial charge in [0.25, 0.3) is 0 Å². The van der Waals surface area contributed by atoms with Crippen LogP contribution in [0.3, 0.4) is 0 Å². The molecule has 5 nitrogen and oxygen atoms in total. The second-order valence-corrected chi connectivity index (χ2v) is 5.00. The summed E-state index contributed by atoms with van der Waals surface area (Å²) in [6, 6.07) is 1.46. The van der Waals surface area contributed by atoms with Gasteiger partial charge in [-0.15, -0.1) is 5.10 Å². The van der Waals surface area contributed by atoms with Crippen LogP contribution in [0.4, 0.5) is 6.01 Å². The van der Waals surface area contributed by atoms with E-state index >= 15 is 0 Å². The molecular weight excluding hydrogens is 216 g/mol. The van der Waals surface area contributed by atoms with Crippen molar-refractivity contribution in [3.8, 4) is 0 Å². The lowest BCUT2D eigenvalue weighted by atomic mass is 10.1. The highest BCUT2D eigenvalue weighted by Gasteiger charge is 2.20. The summed E-state index contributed by atoms with van der Waals surface area (Å²) in [6.45, 7) is 3.07. The molecule has 3 rings (SSSR count). The van der Waals surface area contributed by atoms with Gasteiger partial charge in [0.2, 0.25) is 5.89 Å². The van der Waals surface area contributed by atoms with Crippen LogP contribution in [0.5, 0.6) is 0 Å².